The van der Waals surface area contributed by atoms with Gasteiger partial charge in [0.15, 0.2) is 0 Å². The molecule has 1 atom stereocenters. The second-order valence-electron chi connectivity index (χ2n) is 4.36. The van der Waals surface area contributed by atoms with Gasteiger partial charge in [-0.1, -0.05) is 49.4 Å². The lowest BCUT2D eigenvalue weighted by atomic mass is 9.74. The van der Waals surface area contributed by atoms with E-state index in [9.17, 15) is 5.26 Å². The summed E-state index contributed by atoms with van der Waals surface area (Å²) >= 11 is 0. The summed E-state index contributed by atoms with van der Waals surface area (Å²) in [6, 6.07) is 20.0. The van der Waals surface area contributed by atoms with E-state index >= 15 is 0 Å². The summed E-state index contributed by atoms with van der Waals surface area (Å²) in [6.45, 7) is 2.03. The van der Waals surface area contributed by atoms with Gasteiger partial charge in [0, 0.05) is 5.69 Å². The molecule has 2 nitrogen and oxygen atoms in total. The fraction of sp³-hybridized carbons (Fsp3) is 0.188. The first-order valence-corrected chi connectivity index (χ1v) is 6.05. The lowest BCUT2D eigenvalue weighted by Crippen LogP contribution is -2.24. The number of hydrogen-bond acceptors (Lipinski definition) is 2. The zero-order chi connectivity index (χ0) is 13.0. The molecular formula is C16H16N2. The minimum absolute atomic E-state index is 0.588. The summed E-state index contributed by atoms with van der Waals surface area (Å²) in [5, 5.41) is 9.67. The third-order valence-electron chi connectivity index (χ3n) is 3.39. The summed E-state index contributed by atoms with van der Waals surface area (Å²) in [5.74, 6) is 0. The smallest absolute Gasteiger partial charge is 0.107 e. The molecular weight excluding hydrogens is 220 g/mol. The Hall–Kier alpha value is -2.27. The molecule has 18 heavy (non-hydrogen) atoms. The molecule has 0 saturated heterocycles. The lowest BCUT2D eigenvalue weighted by molar-refractivity contribution is 0.632. The van der Waals surface area contributed by atoms with E-state index in [-0.39, 0.29) is 0 Å². The van der Waals surface area contributed by atoms with Crippen molar-refractivity contribution in [1.29, 1.82) is 5.26 Å². The van der Waals surface area contributed by atoms with Crippen molar-refractivity contribution in [3.05, 3.63) is 65.7 Å². The van der Waals surface area contributed by atoms with Crippen molar-refractivity contribution in [1.82, 2.24) is 0 Å². The van der Waals surface area contributed by atoms with Crippen LogP contribution in [0.4, 0.5) is 5.69 Å². The molecule has 0 aromatic heterocycles. The maximum absolute atomic E-state index is 9.67. The van der Waals surface area contributed by atoms with Crippen LogP contribution >= 0.6 is 0 Å². The molecule has 2 N–H and O–H groups in total. The normalized spacial score (nSPS) is 13.6. The SMILES string of the molecule is CC[C@@](C#N)(c1ccccc1)c1ccc(N)cc1. The van der Waals surface area contributed by atoms with Crippen LogP contribution in [0.1, 0.15) is 24.5 Å². The molecule has 0 aliphatic heterocycles. The van der Waals surface area contributed by atoms with Crippen LogP contribution in [-0.2, 0) is 5.41 Å². The van der Waals surface area contributed by atoms with Gasteiger partial charge in [0.25, 0.3) is 0 Å². The molecule has 0 bridgehead atoms. The predicted octanol–water partition coefficient (Wildman–Crippen LogP) is 3.49. The molecule has 0 fully saturated rings. The fourth-order valence-electron chi connectivity index (χ4n) is 2.27. The summed E-state index contributed by atoms with van der Waals surface area (Å²) < 4.78 is 0. The third kappa shape index (κ3) is 1.96. The summed E-state index contributed by atoms with van der Waals surface area (Å²) in [6.07, 6.45) is 0.734. The van der Waals surface area contributed by atoms with Gasteiger partial charge in [-0.15, -0.1) is 0 Å². The third-order valence-corrected chi connectivity index (χ3v) is 3.39. The van der Waals surface area contributed by atoms with E-state index in [2.05, 4.69) is 6.07 Å². The largest absolute Gasteiger partial charge is 0.399 e. The van der Waals surface area contributed by atoms with E-state index in [1.165, 1.54) is 0 Å². The van der Waals surface area contributed by atoms with Crippen LogP contribution in [0, 0.1) is 11.3 Å². The first-order valence-electron chi connectivity index (χ1n) is 6.05. The number of nitrogens with zero attached hydrogens (tertiary/aromatic N) is 1. The maximum atomic E-state index is 9.67. The van der Waals surface area contributed by atoms with Gasteiger partial charge < -0.3 is 5.73 Å². The van der Waals surface area contributed by atoms with E-state index in [0.717, 1.165) is 23.2 Å². The van der Waals surface area contributed by atoms with Crippen LogP contribution in [0.5, 0.6) is 0 Å². The van der Waals surface area contributed by atoms with Crippen molar-refractivity contribution in [2.75, 3.05) is 5.73 Å². The molecule has 2 heteroatoms. The van der Waals surface area contributed by atoms with Crippen molar-refractivity contribution in [3.8, 4) is 6.07 Å². The van der Waals surface area contributed by atoms with Gasteiger partial charge in [0.05, 0.1) is 6.07 Å². The zero-order valence-electron chi connectivity index (χ0n) is 10.4. The molecule has 0 amide bonds. The van der Waals surface area contributed by atoms with Crippen molar-refractivity contribution < 1.29 is 0 Å². The topological polar surface area (TPSA) is 49.8 Å². The van der Waals surface area contributed by atoms with Gasteiger partial charge in [0.1, 0.15) is 5.41 Å². The van der Waals surface area contributed by atoms with Crippen molar-refractivity contribution in [2.45, 2.75) is 18.8 Å². The van der Waals surface area contributed by atoms with Crippen LogP contribution in [0.25, 0.3) is 0 Å². The maximum Gasteiger partial charge on any atom is 0.107 e. The Labute approximate surface area is 108 Å². The quantitative estimate of drug-likeness (QED) is 0.829. The average molecular weight is 236 g/mol. The van der Waals surface area contributed by atoms with E-state index in [4.69, 9.17) is 5.73 Å². The molecule has 90 valence electrons. The molecule has 2 rings (SSSR count). The van der Waals surface area contributed by atoms with Crippen LogP contribution in [0.3, 0.4) is 0 Å². The summed E-state index contributed by atoms with van der Waals surface area (Å²) in [4.78, 5) is 0. The van der Waals surface area contributed by atoms with E-state index in [0.29, 0.717) is 0 Å². The van der Waals surface area contributed by atoms with Crippen LogP contribution in [-0.4, -0.2) is 0 Å². The Bertz CT molecular complexity index is 552. The number of hydrogen-bond donors (Lipinski definition) is 1. The number of rotatable bonds is 3. The Morgan fingerprint density at radius 1 is 1.00 bits per heavy atom. The lowest BCUT2D eigenvalue weighted by Gasteiger charge is -2.26. The molecule has 0 aliphatic carbocycles. The van der Waals surface area contributed by atoms with E-state index in [1.54, 1.807) is 0 Å². The highest BCUT2D eigenvalue weighted by molar-refractivity contribution is 5.49. The van der Waals surface area contributed by atoms with Gasteiger partial charge >= 0.3 is 0 Å². The van der Waals surface area contributed by atoms with Gasteiger partial charge in [-0.3, -0.25) is 0 Å². The first-order chi connectivity index (χ1) is 8.73. The average Bonchev–Trinajstić information content (AvgIpc) is 2.44. The minimum Gasteiger partial charge on any atom is -0.399 e. The Balaban J connectivity index is 2.58. The van der Waals surface area contributed by atoms with Crippen LogP contribution in [0.2, 0.25) is 0 Å². The van der Waals surface area contributed by atoms with Gasteiger partial charge in [-0.05, 0) is 29.7 Å². The van der Waals surface area contributed by atoms with E-state index in [1.807, 2.05) is 61.5 Å². The number of anilines is 1. The van der Waals surface area contributed by atoms with Crippen molar-refractivity contribution in [3.63, 3.8) is 0 Å². The molecule has 0 saturated carbocycles. The standard InChI is InChI=1S/C16H16N2/c1-2-16(12-17,13-6-4-3-5-7-13)14-8-10-15(18)11-9-14/h3-11H,2,18H2,1H3/t16-/m1/s1. The summed E-state index contributed by atoms with van der Waals surface area (Å²) in [7, 11) is 0. The second-order valence-corrected chi connectivity index (χ2v) is 4.36. The minimum atomic E-state index is -0.588. The van der Waals surface area contributed by atoms with E-state index < -0.39 is 5.41 Å². The van der Waals surface area contributed by atoms with Crippen LogP contribution < -0.4 is 5.73 Å². The molecule has 2 aromatic rings. The van der Waals surface area contributed by atoms with Gasteiger partial charge in [-0.25, -0.2) is 0 Å². The number of nitrogens with two attached hydrogens (primary N) is 1. The van der Waals surface area contributed by atoms with Crippen LogP contribution in [0.15, 0.2) is 54.6 Å². The highest BCUT2D eigenvalue weighted by atomic mass is 14.5. The highest BCUT2D eigenvalue weighted by Gasteiger charge is 2.32. The number of nitrogen functional groups attached to an aromatic ring is 1. The summed E-state index contributed by atoms with van der Waals surface area (Å²) in [5.41, 5.74) is 7.86. The highest BCUT2D eigenvalue weighted by Crippen LogP contribution is 2.35. The van der Waals surface area contributed by atoms with Gasteiger partial charge in [0.2, 0.25) is 0 Å². The van der Waals surface area contributed by atoms with Crippen molar-refractivity contribution >= 4 is 5.69 Å². The molecule has 0 radical (unpaired) electrons. The molecule has 2 aromatic carbocycles. The number of benzene rings is 2. The first kappa shape index (κ1) is 12.2. The molecule has 0 heterocycles. The Kier molecular flexibility index (Phi) is 3.34. The molecule has 0 aliphatic rings. The second kappa shape index (κ2) is 4.93. The molecule has 0 spiro atoms. The van der Waals surface area contributed by atoms with Crippen molar-refractivity contribution in [2.24, 2.45) is 0 Å². The fourth-order valence-corrected chi connectivity index (χ4v) is 2.27. The Morgan fingerprint density at radius 2 is 1.56 bits per heavy atom. The predicted molar refractivity (Wildman–Crippen MR) is 74.0 cm³/mol. The van der Waals surface area contributed by atoms with Gasteiger partial charge in [-0.2, -0.15) is 5.26 Å². The number of nitriles is 1. The monoisotopic (exact) mass is 236 g/mol. The Morgan fingerprint density at radius 3 is 2.06 bits per heavy atom. The molecule has 0 unspecified atom stereocenters. The zero-order valence-corrected chi connectivity index (χ0v) is 10.4.